The first kappa shape index (κ1) is 11.3. The van der Waals surface area contributed by atoms with Crippen LogP contribution in [-0.4, -0.2) is 28.8 Å². The third kappa shape index (κ3) is 3.44. The van der Waals surface area contributed by atoms with Crippen LogP contribution in [0.3, 0.4) is 0 Å². The maximum absolute atomic E-state index is 10.8. The van der Waals surface area contributed by atoms with Crippen molar-refractivity contribution in [3.05, 3.63) is 18.0 Å². The van der Waals surface area contributed by atoms with Gasteiger partial charge in [-0.05, 0) is 18.9 Å². The van der Waals surface area contributed by atoms with Crippen LogP contribution in [0.5, 0.6) is 0 Å². The Labute approximate surface area is 88.6 Å². The number of rotatable bonds is 3. The lowest BCUT2D eigenvalue weighted by Crippen LogP contribution is -2.30. The Kier molecular flexibility index (Phi) is 4.38. The Hall–Kier alpha value is -1.80. The molecule has 1 aromatic heterocycles. The topological polar surface area (TPSA) is 72.9 Å². The van der Waals surface area contributed by atoms with E-state index >= 15 is 0 Å². The number of hydrogen-bond acceptors (Lipinski definition) is 3. The molecule has 0 fully saturated rings. The quantitative estimate of drug-likeness (QED) is 0.644. The van der Waals surface area contributed by atoms with Crippen molar-refractivity contribution in [1.82, 2.24) is 15.1 Å². The molecule has 0 unspecified atom stereocenters. The molecule has 5 nitrogen and oxygen atoms in total. The van der Waals surface area contributed by atoms with Gasteiger partial charge in [0.15, 0.2) is 0 Å². The summed E-state index contributed by atoms with van der Waals surface area (Å²) < 4.78 is 1.79. The van der Waals surface area contributed by atoms with E-state index in [0.717, 1.165) is 12.2 Å². The first-order chi connectivity index (χ1) is 7.27. The second-order valence-electron chi connectivity index (χ2n) is 2.81. The van der Waals surface area contributed by atoms with Gasteiger partial charge in [-0.15, -0.1) is 0 Å². The highest BCUT2D eigenvalue weighted by molar-refractivity contribution is 5.77. The minimum absolute atomic E-state index is 0.00538. The van der Waals surface area contributed by atoms with E-state index in [4.69, 9.17) is 5.73 Å². The van der Waals surface area contributed by atoms with Crippen LogP contribution >= 0.6 is 0 Å². The fourth-order valence-corrected chi connectivity index (χ4v) is 1.04. The van der Waals surface area contributed by atoms with Gasteiger partial charge < -0.3 is 11.1 Å². The zero-order chi connectivity index (χ0) is 11.1. The van der Waals surface area contributed by atoms with Crippen molar-refractivity contribution in [2.75, 3.05) is 13.1 Å². The zero-order valence-electron chi connectivity index (χ0n) is 8.66. The summed E-state index contributed by atoms with van der Waals surface area (Å²) in [5, 5.41) is 6.64. The SMILES string of the molecule is CCn1nccc1C#CCNC(=O)CN. The third-order valence-corrected chi connectivity index (χ3v) is 1.79. The van der Waals surface area contributed by atoms with Crippen molar-refractivity contribution in [1.29, 1.82) is 0 Å². The monoisotopic (exact) mass is 206 g/mol. The highest BCUT2D eigenvalue weighted by Crippen LogP contribution is 1.94. The van der Waals surface area contributed by atoms with Gasteiger partial charge in [0.25, 0.3) is 0 Å². The molecule has 1 heterocycles. The van der Waals surface area contributed by atoms with Crippen LogP contribution in [-0.2, 0) is 11.3 Å². The summed E-state index contributed by atoms with van der Waals surface area (Å²) in [6, 6.07) is 1.83. The highest BCUT2D eigenvalue weighted by Gasteiger charge is 1.95. The van der Waals surface area contributed by atoms with Crippen molar-refractivity contribution in [3.8, 4) is 11.8 Å². The van der Waals surface area contributed by atoms with Gasteiger partial charge in [0.2, 0.25) is 5.91 Å². The van der Waals surface area contributed by atoms with E-state index in [9.17, 15) is 4.79 Å². The van der Waals surface area contributed by atoms with Gasteiger partial charge in [0.05, 0.1) is 19.3 Å². The van der Waals surface area contributed by atoms with E-state index < -0.39 is 0 Å². The predicted molar refractivity (Wildman–Crippen MR) is 56.8 cm³/mol. The number of nitrogens with one attached hydrogen (secondary N) is 1. The van der Waals surface area contributed by atoms with E-state index in [1.54, 1.807) is 10.9 Å². The summed E-state index contributed by atoms with van der Waals surface area (Å²) in [6.45, 7) is 3.08. The maximum atomic E-state index is 10.8. The molecule has 5 heteroatoms. The predicted octanol–water partition coefficient (Wildman–Crippen LogP) is -0.671. The number of aryl methyl sites for hydroxylation is 1. The van der Waals surface area contributed by atoms with E-state index in [-0.39, 0.29) is 12.5 Å². The van der Waals surface area contributed by atoms with Gasteiger partial charge >= 0.3 is 0 Å². The number of carbonyl (C=O) groups excluding carboxylic acids is 1. The number of nitrogens with zero attached hydrogens (tertiary/aromatic N) is 2. The van der Waals surface area contributed by atoms with Gasteiger partial charge in [-0.25, -0.2) is 0 Å². The fourth-order valence-electron chi connectivity index (χ4n) is 1.04. The summed E-state index contributed by atoms with van der Waals surface area (Å²) in [6.07, 6.45) is 1.70. The molecule has 0 spiro atoms. The molecule has 0 aromatic carbocycles. The Balaban J connectivity index is 2.48. The summed E-state index contributed by atoms with van der Waals surface area (Å²) in [5.74, 6) is 5.55. The first-order valence-corrected chi connectivity index (χ1v) is 4.75. The number of aromatic nitrogens is 2. The van der Waals surface area contributed by atoms with Crippen LogP contribution in [0.15, 0.2) is 12.3 Å². The second kappa shape index (κ2) is 5.83. The van der Waals surface area contributed by atoms with Gasteiger partial charge in [0.1, 0.15) is 5.69 Å². The molecule has 0 aliphatic carbocycles. The first-order valence-electron chi connectivity index (χ1n) is 4.75. The minimum atomic E-state index is -0.201. The molecule has 1 amide bonds. The zero-order valence-corrected chi connectivity index (χ0v) is 8.66. The molecule has 0 saturated carbocycles. The van der Waals surface area contributed by atoms with Crippen LogP contribution in [0.4, 0.5) is 0 Å². The molecule has 0 atom stereocenters. The number of amides is 1. The molecule has 3 N–H and O–H groups in total. The molecular formula is C10H14N4O. The van der Waals surface area contributed by atoms with Crippen molar-refractivity contribution < 1.29 is 4.79 Å². The summed E-state index contributed by atoms with van der Waals surface area (Å²) in [5.41, 5.74) is 5.97. The number of hydrogen-bond donors (Lipinski definition) is 2. The van der Waals surface area contributed by atoms with Crippen molar-refractivity contribution in [2.24, 2.45) is 5.73 Å². The second-order valence-corrected chi connectivity index (χ2v) is 2.81. The standard InChI is InChI=1S/C10H14N4O/c1-2-14-9(5-7-13-14)4-3-6-12-10(15)8-11/h5,7H,2,6,8,11H2,1H3,(H,12,15). The average Bonchev–Trinajstić information content (AvgIpc) is 2.71. The van der Waals surface area contributed by atoms with Crippen LogP contribution in [0, 0.1) is 11.8 Å². The van der Waals surface area contributed by atoms with E-state index in [0.29, 0.717) is 6.54 Å². The van der Waals surface area contributed by atoms with Crippen LogP contribution in [0.1, 0.15) is 12.6 Å². The molecule has 1 aromatic rings. The maximum Gasteiger partial charge on any atom is 0.234 e. The van der Waals surface area contributed by atoms with Gasteiger partial charge in [0, 0.05) is 6.54 Å². The smallest absolute Gasteiger partial charge is 0.234 e. The number of nitrogens with two attached hydrogens (primary N) is 1. The van der Waals surface area contributed by atoms with Crippen molar-refractivity contribution in [2.45, 2.75) is 13.5 Å². The summed E-state index contributed by atoms with van der Waals surface area (Å²) >= 11 is 0. The number of carbonyl (C=O) groups is 1. The largest absolute Gasteiger partial charge is 0.344 e. The third-order valence-electron chi connectivity index (χ3n) is 1.79. The molecule has 0 aliphatic heterocycles. The molecule has 0 bridgehead atoms. The lowest BCUT2D eigenvalue weighted by Gasteiger charge is -1.97. The molecule has 80 valence electrons. The summed E-state index contributed by atoms with van der Waals surface area (Å²) in [4.78, 5) is 10.8. The van der Waals surface area contributed by atoms with Crippen molar-refractivity contribution >= 4 is 5.91 Å². The van der Waals surface area contributed by atoms with Gasteiger partial charge in [-0.1, -0.05) is 5.92 Å². The van der Waals surface area contributed by atoms with Crippen molar-refractivity contribution in [3.63, 3.8) is 0 Å². The van der Waals surface area contributed by atoms with Gasteiger partial charge in [-0.2, -0.15) is 5.10 Å². The van der Waals surface area contributed by atoms with Crippen LogP contribution in [0.2, 0.25) is 0 Å². The molecule has 1 rings (SSSR count). The van der Waals surface area contributed by atoms with E-state index in [1.165, 1.54) is 0 Å². The molecule has 0 saturated heterocycles. The molecule has 15 heavy (non-hydrogen) atoms. The molecule has 0 radical (unpaired) electrons. The summed E-state index contributed by atoms with van der Waals surface area (Å²) in [7, 11) is 0. The Morgan fingerprint density at radius 2 is 2.53 bits per heavy atom. The molecular weight excluding hydrogens is 192 g/mol. The van der Waals surface area contributed by atoms with Gasteiger partial charge in [-0.3, -0.25) is 9.48 Å². The van der Waals surface area contributed by atoms with E-state index in [2.05, 4.69) is 22.3 Å². The van der Waals surface area contributed by atoms with Crippen LogP contribution < -0.4 is 11.1 Å². The minimum Gasteiger partial charge on any atom is -0.344 e. The normalized spacial score (nSPS) is 9.20. The Morgan fingerprint density at radius 1 is 1.73 bits per heavy atom. The fraction of sp³-hybridized carbons (Fsp3) is 0.400. The van der Waals surface area contributed by atoms with Crippen LogP contribution in [0.25, 0.3) is 0 Å². The average molecular weight is 206 g/mol. The Morgan fingerprint density at radius 3 is 3.20 bits per heavy atom. The molecule has 0 aliphatic rings. The highest BCUT2D eigenvalue weighted by atomic mass is 16.1. The lowest BCUT2D eigenvalue weighted by molar-refractivity contribution is -0.119. The van der Waals surface area contributed by atoms with E-state index in [1.807, 2.05) is 13.0 Å². The lowest BCUT2D eigenvalue weighted by atomic mass is 10.4. The Bertz CT molecular complexity index is 386.